The molecule has 1 fully saturated rings. The quantitative estimate of drug-likeness (QED) is 0.790. The van der Waals surface area contributed by atoms with Crippen LogP contribution in [-0.4, -0.2) is 32.7 Å². The minimum absolute atomic E-state index is 0.570. The monoisotopic (exact) mass is 265 g/mol. The predicted octanol–water partition coefficient (Wildman–Crippen LogP) is 2.49. The molecule has 100 valence electrons. The molecule has 0 atom stereocenters. The Bertz CT molecular complexity index is 306. The Morgan fingerprint density at radius 2 is 1.65 bits per heavy atom. The predicted molar refractivity (Wildman–Crippen MR) is 63.0 cm³/mol. The van der Waals surface area contributed by atoms with Crippen molar-refractivity contribution in [2.24, 2.45) is 0 Å². The highest BCUT2D eigenvalue weighted by atomic mass is 31.2. The molecule has 0 radical (unpaired) electrons. The van der Waals surface area contributed by atoms with E-state index in [-0.39, 0.29) is 0 Å². The lowest BCUT2D eigenvalue weighted by molar-refractivity contribution is 0.146. The number of methoxy groups -OCH3 is 1. The molecule has 0 aromatic carbocycles. The van der Waals surface area contributed by atoms with Crippen LogP contribution < -0.4 is 5.32 Å². The second-order valence-electron chi connectivity index (χ2n) is 4.07. The SMILES string of the molecule is COC(=O)NC1(P(=O)(OC)OC)CCCCC1. The molecule has 6 nitrogen and oxygen atoms in total. The van der Waals surface area contributed by atoms with Gasteiger partial charge in [0.25, 0.3) is 0 Å². The van der Waals surface area contributed by atoms with Crippen LogP contribution in [0.5, 0.6) is 0 Å². The van der Waals surface area contributed by atoms with Crippen molar-refractivity contribution in [1.82, 2.24) is 5.32 Å². The van der Waals surface area contributed by atoms with Gasteiger partial charge >= 0.3 is 13.7 Å². The Hall–Kier alpha value is -0.580. The number of carbonyl (C=O) groups excluding carboxylic acids is 1. The van der Waals surface area contributed by atoms with E-state index in [0.29, 0.717) is 12.8 Å². The van der Waals surface area contributed by atoms with Gasteiger partial charge in [0.1, 0.15) is 5.28 Å². The fraction of sp³-hybridized carbons (Fsp3) is 0.900. The highest BCUT2D eigenvalue weighted by Gasteiger charge is 2.51. The van der Waals surface area contributed by atoms with Crippen LogP contribution in [0.25, 0.3) is 0 Å². The zero-order valence-electron chi connectivity index (χ0n) is 10.5. The van der Waals surface area contributed by atoms with Gasteiger partial charge in [0.2, 0.25) is 0 Å². The molecule has 1 N–H and O–H groups in total. The van der Waals surface area contributed by atoms with E-state index in [1.807, 2.05) is 0 Å². The van der Waals surface area contributed by atoms with Crippen molar-refractivity contribution in [2.75, 3.05) is 21.3 Å². The van der Waals surface area contributed by atoms with E-state index in [1.54, 1.807) is 0 Å². The Kier molecular flexibility index (Phi) is 4.98. The van der Waals surface area contributed by atoms with Crippen LogP contribution in [0.4, 0.5) is 4.79 Å². The lowest BCUT2D eigenvalue weighted by Gasteiger charge is -2.40. The van der Waals surface area contributed by atoms with E-state index >= 15 is 0 Å². The fourth-order valence-corrected chi connectivity index (χ4v) is 4.21. The van der Waals surface area contributed by atoms with Crippen molar-refractivity contribution < 1.29 is 23.1 Å². The van der Waals surface area contributed by atoms with E-state index in [4.69, 9.17) is 9.05 Å². The lowest BCUT2D eigenvalue weighted by atomic mass is 9.95. The number of ether oxygens (including phenoxy) is 1. The van der Waals surface area contributed by atoms with Crippen LogP contribution >= 0.6 is 7.60 Å². The number of rotatable bonds is 4. The van der Waals surface area contributed by atoms with Gasteiger partial charge in [-0.25, -0.2) is 4.79 Å². The van der Waals surface area contributed by atoms with Gasteiger partial charge in [0, 0.05) is 14.2 Å². The zero-order chi connectivity index (χ0) is 12.9. The van der Waals surface area contributed by atoms with E-state index < -0.39 is 19.0 Å². The highest BCUT2D eigenvalue weighted by molar-refractivity contribution is 7.55. The van der Waals surface area contributed by atoms with Crippen LogP contribution in [0.3, 0.4) is 0 Å². The van der Waals surface area contributed by atoms with Gasteiger partial charge in [0.05, 0.1) is 7.11 Å². The molecule has 0 unspecified atom stereocenters. The number of hydrogen-bond acceptors (Lipinski definition) is 5. The summed E-state index contributed by atoms with van der Waals surface area (Å²) < 4.78 is 27.2. The van der Waals surface area contributed by atoms with E-state index in [9.17, 15) is 9.36 Å². The van der Waals surface area contributed by atoms with Crippen LogP contribution in [-0.2, 0) is 18.3 Å². The first-order valence-corrected chi connectivity index (χ1v) is 7.15. The number of nitrogens with one attached hydrogen (secondary N) is 1. The molecule has 0 heterocycles. The molecule has 0 saturated heterocycles. The van der Waals surface area contributed by atoms with Gasteiger partial charge in [-0.1, -0.05) is 19.3 Å². The molecule has 0 bridgehead atoms. The highest BCUT2D eigenvalue weighted by Crippen LogP contribution is 2.62. The maximum atomic E-state index is 12.6. The minimum Gasteiger partial charge on any atom is -0.453 e. The summed E-state index contributed by atoms with van der Waals surface area (Å²) in [4.78, 5) is 11.4. The maximum Gasteiger partial charge on any atom is 0.407 e. The first kappa shape index (κ1) is 14.5. The Morgan fingerprint density at radius 3 is 2.06 bits per heavy atom. The molecule has 7 heteroatoms. The normalized spacial score (nSPS) is 19.7. The Morgan fingerprint density at radius 1 is 1.12 bits per heavy atom. The number of carbonyl (C=O) groups is 1. The van der Waals surface area contributed by atoms with Crippen LogP contribution in [0.1, 0.15) is 32.1 Å². The van der Waals surface area contributed by atoms with Crippen molar-refractivity contribution in [1.29, 1.82) is 0 Å². The first-order valence-electron chi connectivity index (χ1n) is 5.61. The molecular weight excluding hydrogens is 245 g/mol. The van der Waals surface area contributed by atoms with E-state index in [2.05, 4.69) is 10.1 Å². The molecule has 17 heavy (non-hydrogen) atoms. The minimum atomic E-state index is -3.37. The summed E-state index contributed by atoms with van der Waals surface area (Å²) >= 11 is 0. The summed E-state index contributed by atoms with van der Waals surface area (Å²) in [5.74, 6) is 0. The van der Waals surface area contributed by atoms with Gasteiger partial charge in [-0.05, 0) is 12.8 Å². The molecular formula is C10H20NO5P. The largest absolute Gasteiger partial charge is 0.453 e. The molecule has 1 aliphatic carbocycles. The second-order valence-corrected chi connectivity index (χ2v) is 6.65. The fourth-order valence-electron chi connectivity index (χ4n) is 2.27. The smallest absolute Gasteiger partial charge is 0.407 e. The van der Waals surface area contributed by atoms with Crippen LogP contribution in [0.2, 0.25) is 0 Å². The molecule has 1 saturated carbocycles. The third-order valence-electron chi connectivity index (χ3n) is 3.21. The molecule has 0 aromatic rings. The lowest BCUT2D eigenvalue weighted by Crippen LogP contribution is -2.49. The van der Waals surface area contributed by atoms with Crippen LogP contribution in [0.15, 0.2) is 0 Å². The molecule has 1 aliphatic rings. The Balaban J connectivity index is 3.00. The summed E-state index contributed by atoms with van der Waals surface area (Å²) in [5.41, 5.74) is 0. The van der Waals surface area contributed by atoms with Crippen molar-refractivity contribution in [3.05, 3.63) is 0 Å². The van der Waals surface area contributed by atoms with Crippen molar-refractivity contribution in [2.45, 2.75) is 37.4 Å². The van der Waals surface area contributed by atoms with Gasteiger partial charge in [-0.15, -0.1) is 0 Å². The number of alkyl carbamates (subject to hydrolysis) is 1. The number of amides is 1. The summed E-state index contributed by atoms with van der Waals surface area (Å²) in [6, 6.07) is 0. The van der Waals surface area contributed by atoms with E-state index in [0.717, 1.165) is 19.3 Å². The van der Waals surface area contributed by atoms with E-state index in [1.165, 1.54) is 21.3 Å². The molecule has 1 amide bonds. The second kappa shape index (κ2) is 5.85. The summed E-state index contributed by atoms with van der Waals surface area (Å²) in [6.07, 6.45) is 3.34. The third kappa shape index (κ3) is 2.81. The van der Waals surface area contributed by atoms with Crippen LogP contribution in [0, 0.1) is 0 Å². The van der Waals surface area contributed by atoms with Crippen molar-refractivity contribution in [3.8, 4) is 0 Å². The molecule has 0 aromatic heterocycles. The number of hydrogen-bond donors (Lipinski definition) is 1. The average Bonchev–Trinajstić information content (AvgIpc) is 2.38. The van der Waals surface area contributed by atoms with Gasteiger partial charge in [0.15, 0.2) is 0 Å². The Labute approximate surface area is 102 Å². The summed E-state index contributed by atoms with van der Waals surface area (Å²) in [6.45, 7) is 0. The summed E-state index contributed by atoms with van der Waals surface area (Å²) in [7, 11) is 0.574. The zero-order valence-corrected chi connectivity index (χ0v) is 11.4. The molecule has 0 spiro atoms. The van der Waals surface area contributed by atoms with Gasteiger partial charge in [-0.2, -0.15) is 0 Å². The third-order valence-corrected chi connectivity index (χ3v) is 5.77. The average molecular weight is 265 g/mol. The topological polar surface area (TPSA) is 73.9 Å². The molecule has 0 aliphatic heterocycles. The standard InChI is InChI=1S/C10H20NO5P/c1-14-9(12)11-10(7-5-4-6-8-10)17(13,15-2)16-3/h4-8H2,1-3H3,(H,11,12). The first-order chi connectivity index (χ1) is 8.03. The maximum absolute atomic E-state index is 12.6. The van der Waals surface area contributed by atoms with Gasteiger partial charge in [-0.3, -0.25) is 4.57 Å². The van der Waals surface area contributed by atoms with Crippen molar-refractivity contribution in [3.63, 3.8) is 0 Å². The van der Waals surface area contributed by atoms with Gasteiger partial charge < -0.3 is 19.1 Å². The molecule has 1 rings (SSSR count). The summed E-state index contributed by atoms with van der Waals surface area (Å²) in [5, 5.41) is 1.69. The van der Waals surface area contributed by atoms with Crippen molar-refractivity contribution >= 4 is 13.7 Å².